The van der Waals surface area contributed by atoms with Gasteiger partial charge < -0.3 is 15.5 Å². The van der Waals surface area contributed by atoms with Gasteiger partial charge >= 0.3 is 0 Å². The van der Waals surface area contributed by atoms with Gasteiger partial charge in [0.1, 0.15) is 0 Å². The molecule has 0 aromatic rings. The van der Waals surface area contributed by atoms with E-state index < -0.39 is 0 Å². The van der Waals surface area contributed by atoms with Crippen molar-refractivity contribution in [3.05, 3.63) is 0 Å². The van der Waals surface area contributed by atoms with E-state index in [0.29, 0.717) is 0 Å². The van der Waals surface area contributed by atoms with E-state index >= 15 is 0 Å². The van der Waals surface area contributed by atoms with Gasteiger partial charge in [-0.2, -0.15) is 0 Å². The van der Waals surface area contributed by atoms with Crippen LogP contribution in [0.1, 0.15) is 39.5 Å². The Hall–Kier alpha value is -0.0400. The van der Waals surface area contributed by atoms with Crippen LogP contribution in [0.2, 0.25) is 0 Å². The van der Waals surface area contributed by atoms with E-state index in [-0.39, 0.29) is 24.0 Å². The number of hydrogen-bond acceptors (Lipinski definition) is 2. The number of nitrogens with zero attached hydrogens (tertiary/aromatic N) is 2. The maximum absolute atomic E-state index is 4.27. The topological polar surface area (TPSA) is 39.7 Å². The van der Waals surface area contributed by atoms with E-state index in [9.17, 15) is 0 Å². The maximum Gasteiger partial charge on any atom is 0.190 e. The summed E-state index contributed by atoms with van der Waals surface area (Å²) >= 11 is 0. The molecule has 2 N–H and O–H groups in total. The minimum Gasteiger partial charge on any atom is -0.356 e. The van der Waals surface area contributed by atoms with Crippen molar-refractivity contribution < 1.29 is 0 Å². The van der Waals surface area contributed by atoms with E-state index in [1.807, 2.05) is 7.05 Å². The van der Waals surface area contributed by atoms with Crippen molar-refractivity contribution in [2.45, 2.75) is 39.5 Å². The highest BCUT2D eigenvalue weighted by Gasteiger charge is 2.16. The van der Waals surface area contributed by atoms with Crippen molar-refractivity contribution in [3.8, 4) is 0 Å². The Morgan fingerprint density at radius 3 is 2.35 bits per heavy atom. The molecule has 0 radical (unpaired) electrons. The molecule has 1 aliphatic rings. The number of rotatable bonds is 6. The van der Waals surface area contributed by atoms with Crippen molar-refractivity contribution in [1.29, 1.82) is 0 Å². The molecule has 5 heteroatoms. The molecule has 1 aliphatic heterocycles. The first-order valence-corrected chi connectivity index (χ1v) is 7.75. The zero-order valence-electron chi connectivity index (χ0n) is 13.6. The smallest absolute Gasteiger partial charge is 0.190 e. The molecule has 1 rings (SSSR count). The summed E-state index contributed by atoms with van der Waals surface area (Å²) in [5, 5.41) is 6.80. The Labute approximate surface area is 142 Å². The maximum atomic E-state index is 4.27. The van der Waals surface area contributed by atoms with E-state index in [1.165, 1.54) is 38.8 Å². The van der Waals surface area contributed by atoms with Crippen LogP contribution in [-0.2, 0) is 0 Å². The predicted octanol–water partition coefficient (Wildman–Crippen LogP) is 2.55. The summed E-state index contributed by atoms with van der Waals surface area (Å²) < 4.78 is 0. The van der Waals surface area contributed by atoms with Gasteiger partial charge in [-0.25, -0.2) is 0 Å². The van der Waals surface area contributed by atoms with Crippen LogP contribution in [0.15, 0.2) is 4.99 Å². The third kappa shape index (κ3) is 9.00. The van der Waals surface area contributed by atoms with Gasteiger partial charge in [0.25, 0.3) is 0 Å². The SMILES string of the molecule is CN=C(NCCC(C)C)NCCC1CCN(C)CC1.I. The zero-order valence-corrected chi connectivity index (χ0v) is 15.9. The lowest BCUT2D eigenvalue weighted by atomic mass is 9.94. The lowest BCUT2D eigenvalue weighted by Gasteiger charge is -2.29. The molecule has 120 valence electrons. The van der Waals surface area contributed by atoms with E-state index in [4.69, 9.17) is 0 Å². The summed E-state index contributed by atoms with van der Waals surface area (Å²) in [5.41, 5.74) is 0. The summed E-state index contributed by atoms with van der Waals surface area (Å²) in [6, 6.07) is 0. The monoisotopic (exact) mass is 396 g/mol. The summed E-state index contributed by atoms with van der Waals surface area (Å²) in [4.78, 5) is 6.69. The van der Waals surface area contributed by atoms with Crippen LogP contribution in [0.4, 0.5) is 0 Å². The predicted molar refractivity (Wildman–Crippen MR) is 99.1 cm³/mol. The molecule has 4 nitrogen and oxygen atoms in total. The van der Waals surface area contributed by atoms with Crippen molar-refractivity contribution in [1.82, 2.24) is 15.5 Å². The largest absolute Gasteiger partial charge is 0.356 e. The quantitative estimate of drug-likeness (QED) is 0.412. The lowest BCUT2D eigenvalue weighted by Crippen LogP contribution is -2.39. The normalized spacial score (nSPS) is 17.9. The Morgan fingerprint density at radius 2 is 1.80 bits per heavy atom. The lowest BCUT2D eigenvalue weighted by molar-refractivity contribution is 0.213. The molecule has 20 heavy (non-hydrogen) atoms. The minimum absolute atomic E-state index is 0. The molecule has 0 aromatic heterocycles. The van der Waals surface area contributed by atoms with Crippen LogP contribution in [0, 0.1) is 11.8 Å². The molecule has 0 atom stereocenters. The van der Waals surface area contributed by atoms with Crippen LogP contribution < -0.4 is 10.6 Å². The fraction of sp³-hybridized carbons (Fsp3) is 0.933. The van der Waals surface area contributed by atoms with Gasteiger partial charge in [-0.3, -0.25) is 4.99 Å². The molecule has 1 saturated heterocycles. The number of guanidine groups is 1. The second-order valence-electron chi connectivity index (χ2n) is 6.14. The van der Waals surface area contributed by atoms with E-state index in [1.54, 1.807) is 0 Å². The van der Waals surface area contributed by atoms with Crippen LogP contribution in [0.5, 0.6) is 0 Å². The highest BCUT2D eigenvalue weighted by Crippen LogP contribution is 2.18. The number of piperidine rings is 1. The molecule has 0 aliphatic carbocycles. The van der Waals surface area contributed by atoms with Crippen molar-refractivity contribution in [3.63, 3.8) is 0 Å². The summed E-state index contributed by atoms with van der Waals surface area (Å²) in [6.07, 6.45) is 5.14. The Balaban J connectivity index is 0.00000361. The van der Waals surface area contributed by atoms with Gasteiger partial charge in [-0.1, -0.05) is 13.8 Å². The van der Waals surface area contributed by atoms with E-state index in [0.717, 1.165) is 30.9 Å². The molecule has 0 unspecified atom stereocenters. The fourth-order valence-corrected chi connectivity index (χ4v) is 2.45. The molecule has 0 amide bonds. The van der Waals surface area contributed by atoms with Gasteiger partial charge in [-0.15, -0.1) is 24.0 Å². The van der Waals surface area contributed by atoms with Crippen LogP contribution >= 0.6 is 24.0 Å². The third-order valence-electron chi connectivity index (χ3n) is 3.92. The summed E-state index contributed by atoms with van der Waals surface area (Å²) in [5.74, 6) is 2.58. The first-order valence-electron chi connectivity index (χ1n) is 7.75. The third-order valence-corrected chi connectivity index (χ3v) is 3.92. The number of nitrogens with one attached hydrogen (secondary N) is 2. The minimum atomic E-state index is 0. The molecular formula is C15H33IN4. The van der Waals surface area contributed by atoms with Crippen LogP contribution in [-0.4, -0.2) is 51.1 Å². The van der Waals surface area contributed by atoms with Gasteiger partial charge in [0, 0.05) is 20.1 Å². The standard InChI is InChI=1S/C15H32N4.HI/c1-13(2)5-9-17-15(16-3)18-10-6-14-7-11-19(4)12-8-14;/h13-14H,5-12H2,1-4H3,(H2,16,17,18);1H. The van der Waals surface area contributed by atoms with Gasteiger partial charge in [0.15, 0.2) is 5.96 Å². The molecule has 0 saturated carbocycles. The molecule has 0 aromatic carbocycles. The number of hydrogen-bond donors (Lipinski definition) is 2. The average Bonchev–Trinajstić information content (AvgIpc) is 2.39. The summed E-state index contributed by atoms with van der Waals surface area (Å²) in [6.45, 7) is 9.05. The molecule has 1 heterocycles. The van der Waals surface area contributed by atoms with Crippen LogP contribution in [0.3, 0.4) is 0 Å². The Kier molecular flexibility index (Phi) is 11.6. The van der Waals surface area contributed by atoms with Gasteiger partial charge in [0.2, 0.25) is 0 Å². The molecule has 0 spiro atoms. The average molecular weight is 396 g/mol. The second-order valence-corrected chi connectivity index (χ2v) is 6.14. The fourth-order valence-electron chi connectivity index (χ4n) is 2.45. The van der Waals surface area contributed by atoms with Gasteiger partial charge in [-0.05, 0) is 57.7 Å². The molecule has 1 fully saturated rings. The highest BCUT2D eigenvalue weighted by atomic mass is 127. The second kappa shape index (κ2) is 11.6. The molecular weight excluding hydrogens is 363 g/mol. The first-order chi connectivity index (χ1) is 9.11. The number of likely N-dealkylation sites (tertiary alicyclic amines) is 1. The Morgan fingerprint density at radius 1 is 1.20 bits per heavy atom. The molecule has 0 bridgehead atoms. The summed E-state index contributed by atoms with van der Waals surface area (Å²) in [7, 11) is 4.06. The Bertz CT molecular complexity index is 261. The van der Waals surface area contributed by atoms with Crippen LogP contribution in [0.25, 0.3) is 0 Å². The highest BCUT2D eigenvalue weighted by molar-refractivity contribution is 14.0. The zero-order chi connectivity index (χ0) is 14.1. The van der Waals surface area contributed by atoms with Crippen molar-refractivity contribution in [2.24, 2.45) is 16.8 Å². The van der Waals surface area contributed by atoms with Gasteiger partial charge in [0.05, 0.1) is 0 Å². The van der Waals surface area contributed by atoms with Crippen molar-refractivity contribution in [2.75, 3.05) is 40.3 Å². The van der Waals surface area contributed by atoms with Crippen molar-refractivity contribution >= 4 is 29.9 Å². The number of aliphatic imine (C=N–C) groups is 1. The van der Waals surface area contributed by atoms with E-state index in [2.05, 4.69) is 41.4 Å². The first kappa shape index (κ1) is 20.0. The number of halogens is 1.